The Hall–Kier alpha value is -1.52. The van der Waals surface area contributed by atoms with E-state index in [0.717, 1.165) is 24.2 Å². The van der Waals surface area contributed by atoms with Crippen molar-refractivity contribution in [2.75, 3.05) is 6.54 Å². The summed E-state index contributed by atoms with van der Waals surface area (Å²) in [7, 11) is 0. The van der Waals surface area contributed by atoms with Gasteiger partial charge >= 0.3 is 0 Å². The van der Waals surface area contributed by atoms with Crippen molar-refractivity contribution in [3.63, 3.8) is 0 Å². The van der Waals surface area contributed by atoms with Gasteiger partial charge < -0.3 is 5.32 Å². The minimum Gasteiger partial charge on any atom is -0.308 e. The molecule has 0 amide bonds. The molecule has 1 atom stereocenters. The molecule has 112 valence electrons. The van der Waals surface area contributed by atoms with Crippen molar-refractivity contribution in [3.05, 3.63) is 64.4 Å². The first-order chi connectivity index (χ1) is 10.1. The zero-order chi connectivity index (χ0) is 15.2. The summed E-state index contributed by atoms with van der Waals surface area (Å²) in [4.78, 5) is 4.12. The molecule has 2 rings (SSSR count). The molecule has 0 aliphatic heterocycles. The second-order valence-corrected chi connectivity index (χ2v) is 5.26. The van der Waals surface area contributed by atoms with Gasteiger partial charge in [0.2, 0.25) is 0 Å². The molecule has 2 nitrogen and oxygen atoms in total. The quantitative estimate of drug-likeness (QED) is 0.860. The largest absolute Gasteiger partial charge is 0.308 e. The van der Waals surface area contributed by atoms with Crippen LogP contribution in [0.25, 0.3) is 0 Å². The average Bonchev–Trinajstić information content (AvgIpc) is 2.46. The van der Waals surface area contributed by atoms with E-state index in [1.54, 1.807) is 12.1 Å². The number of pyridine rings is 1. The molecule has 2 aromatic rings. The summed E-state index contributed by atoms with van der Waals surface area (Å²) in [5.74, 6) is -0.727. The molecule has 1 aromatic carbocycles. The van der Waals surface area contributed by atoms with Crippen molar-refractivity contribution < 1.29 is 8.78 Å². The molecule has 5 heteroatoms. The normalized spacial score (nSPS) is 12.4. The van der Waals surface area contributed by atoms with Gasteiger partial charge in [-0.25, -0.2) is 8.78 Å². The molecule has 0 saturated heterocycles. The standard InChI is InChI=1S/C16H17ClF2N2/c1-2-7-20-16(15-6-5-13(19)10-21-15)8-11-3-4-12(18)9-14(11)17/h3-6,9-10,16,20H,2,7-8H2,1H3. The van der Waals surface area contributed by atoms with Gasteiger partial charge in [0.05, 0.1) is 17.9 Å². The number of aromatic nitrogens is 1. The molecular formula is C16H17ClF2N2. The zero-order valence-corrected chi connectivity index (χ0v) is 12.5. The topological polar surface area (TPSA) is 24.9 Å². The minimum absolute atomic E-state index is 0.0893. The van der Waals surface area contributed by atoms with E-state index in [4.69, 9.17) is 11.6 Å². The fourth-order valence-electron chi connectivity index (χ4n) is 2.10. The highest BCUT2D eigenvalue weighted by atomic mass is 35.5. The van der Waals surface area contributed by atoms with Crippen molar-refractivity contribution in [1.82, 2.24) is 10.3 Å². The molecule has 1 unspecified atom stereocenters. The van der Waals surface area contributed by atoms with E-state index in [9.17, 15) is 8.78 Å². The van der Waals surface area contributed by atoms with Crippen LogP contribution in [0.5, 0.6) is 0 Å². The van der Waals surface area contributed by atoms with Crippen LogP contribution in [0.15, 0.2) is 36.5 Å². The van der Waals surface area contributed by atoms with E-state index in [-0.39, 0.29) is 17.7 Å². The first-order valence-corrected chi connectivity index (χ1v) is 7.26. The van der Waals surface area contributed by atoms with Crippen LogP contribution in [-0.2, 0) is 6.42 Å². The van der Waals surface area contributed by atoms with Crippen molar-refractivity contribution in [1.29, 1.82) is 0 Å². The summed E-state index contributed by atoms with van der Waals surface area (Å²) >= 11 is 6.07. The highest BCUT2D eigenvalue weighted by Crippen LogP contribution is 2.23. The van der Waals surface area contributed by atoms with Gasteiger partial charge in [0, 0.05) is 5.02 Å². The Morgan fingerprint density at radius 2 is 1.95 bits per heavy atom. The molecule has 0 aliphatic rings. The highest BCUT2D eigenvalue weighted by molar-refractivity contribution is 6.31. The van der Waals surface area contributed by atoms with Crippen LogP contribution in [0.3, 0.4) is 0 Å². The Kier molecular flexibility index (Phi) is 5.65. The Morgan fingerprint density at radius 1 is 1.19 bits per heavy atom. The van der Waals surface area contributed by atoms with E-state index in [2.05, 4.69) is 17.2 Å². The number of benzene rings is 1. The van der Waals surface area contributed by atoms with Crippen molar-refractivity contribution in [2.24, 2.45) is 0 Å². The first kappa shape index (κ1) is 15.9. The molecule has 0 radical (unpaired) electrons. The van der Waals surface area contributed by atoms with E-state index in [0.29, 0.717) is 11.4 Å². The monoisotopic (exact) mass is 310 g/mol. The van der Waals surface area contributed by atoms with E-state index in [1.807, 2.05) is 0 Å². The maximum absolute atomic E-state index is 13.1. The molecular weight excluding hydrogens is 294 g/mol. The number of nitrogens with one attached hydrogen (secondary N) is 1. The fourth-order valence-corrected chi connectivity index (χ4v) is 2.34. The average molecular weight is 311 g/mol. The number of hydrogen-bond donors (Lipinski definition) is 1. The third-order valence-corrected chi connectivity index (χ3v) is 3.54. The van der Waals surface area contributed by atoms with Crippen molar-refractivity contribution in [3.8, 4) is 0 Å². The van der Waals surface area contributed by atoms with E-state index in [1.165, 1.54) is 24.4 Å². The molecule has 1 aromatic heterocycles. The summed E-state index contributed by atoms with van der Waals surface area (Å²) in [6, 6.07) is 7.30. The Labute approximate surface area is 128 Å². The SMILES string of the molecule is CCCNC(Cc1ccc(F)cc1Cl)c1ccc(F)cn1. The summed E-state index contributed by atoms with van der Waals surface area (Å²) in [6.07, 6.45) is 2.73. The number of hydrogen-bond acceptors (Lipinski definition) is 2. The van der Waals surface area contributed by atoms with Gasteiger partial charge in [0.25, 0.3) is 0 Å². The lowest BCUT2D eigenvalue weighted by atomic mass is 10.0. The van der Waals surface area contributed by atoms with Gasteiger partial charge in [0.15, 0.2) is 0 Å². The van der Waals surface area contributed by atoms with Crippen LogP contribution in [0.2, 0.25) is 5.02 Å². The maximum Gasteiger partial charge on any atom is 0.141 e. The summed E-state index contributed by atoms with van der Waals surface area (Å²) in [5, 5.41) is 3.75. The number of nitrogens with zero attached hydrogens (tertiary/aromatic N) is 1. The third kappa shape index (κ3) is 4.48. The second-order valence-electron chi connectivity index (χ2n) is 4.85. The lowest BCUT2D eigenvalue weighted by Gasteiger charge is -2.19. The Balaban J connectivity index is 2.21. The molecule has 1 N–H and O–H groups in total. The van der Waals surface area contributed by atoms with Gasteiger partial charge in [-0.2, -0.15) is 0 Å². The van der Waals surface area contributed by atoms with Crippen molar-refractivity contribution >= 4 is 11.6 Å². The molecule has 0 fully saturated rings. The summed E-state index contributed by atoms with van der Waals surface area (Å²) in [6.45, 7) is 2.87. The summed E-state index contributed by atoms with van der Waals surface area (Å²) in [5.41, 5.74) is 1.57. The molecule has 0 bridgehead atoms. The maximum atomic E-state index is 13.1. The molecule has 0 saturated carbocycles. The second kappa shape index (κ2) is 7.48. The first-order valence-electron chi connectivity index (χ1n) is 6.89. The predicted octanol–water partition coefficient (Wildman–Crippen LogP) is 4.30. The van der Waals surface area contributed by atoms with Gasteiger partial charge in [-0.05, 0) is 49.2 Å². The summed E-state index contributed by atoms with van der Waals surface area (Å²) < 4.78 is 26.1. The number of halogens is 3. The lowest BCUT2D eigenvalue weighted by Crippen LogP contribution is -2.25. The smallest absolute Gasteiger partial charge is 0.141 e. The van der Waals surface area contributed by atoms with Crippen LogP contribution < -0.4 is 5.32 Å². The fraction of sp³-hybridized carbons (Fsp3) is 0.312. The van der Waals surface area contributed by atoms with Crippen LogP contribution in [-0.4, -0.2) is 11.5 Å². The van der Waals surface area contributed by atoms with Crippen LogP contribution in [0, 0.1) is 11.6 Å². The predicted molar refractivity (Wildman–Crippen MR) is 80.3 cm³/mol. The van der Waals surface area contributed by atoms with Crippen LogP contribution in [0.4, 0.5) is 8.78 Å². The zero-order valence-electron chi connectivity index (χ0n) is 11.7. The highest BCUT2D eigenvalue weighted by Gasteiger charge is 2.15. The van der Waals surface area contributed by atoms with Crippen molar-refractivity contribution in [2.45, 2.75) is 25.8 Å². The van der Waals surface area contributed by atoms with E-state index < -0.39 is 0 Å². The molecule has 0 spiro atoms. The van der Waals surface area contributed by atoms with Crippen LogP contribution >= 0.6 is 11.6 Å². The Morgan fingerprint density at radius 3 is 2.57 bits per heavy atom. The number of rotatable bonds is 6. The third-order valence-electron chi connectivity index (χ3n) is 3.19. The van der Waals surface area contributed by atoms with Crippen LogP contribution in [0.1, 0.15) is 30.6 Å². The van der Waals surface area contributed by atoms with Gasteiger partial charge in [0.1, 0.15) is 11.6 Å². The van der Waals surface area contributed by atoms with Gasteiger partial charge in [-0.3, -0.25) is 4.98 Å². The Bertz CT molecular complexity index is 587. The van der Waals surface area contributed by atoms with Gasteiger partial charge in [-0.1, -0.05) is 24.6 Å². The van der Waals surface area contributed by atoms with Gasteiger partial charge in [-0.15, -0.1) is 0 Å². The lowest BCUT2D eigenvalue weighted by molar-refractivity contribution is 0.514. The molecule has 21 heavy (non-hydrogen) atoms. The molecule has 1 heterocycles. The van der Waals surface area contributed by atoms with E-state index >= 15 is 0 Å². The molecule has 0 aliphatic carbocycles. The minimum atomic E-state index is -0.368.